The zero-order chi connectivity index (χ0) is 15.2. The molecular formula is C17H13FN2OS. The number of halogens is 1. The summed E-state index contributed by atoms with van der Waals surface area (Å²) in [6.45, 7) is 0. The average molecular weight is 312 g/mol. The van der Waals surface area contributed by atoms with Gasteiger partial charge in [-0.05, 0) is 29.3 Å². The highest BCUT2D eigenvalue weighted by Crippen LogP contribution is 2.21. The second kappa shape index (κ2) is 7.04. The molecule has 0 aliphatic rings. The third kappa shape index (κ3) is 4.05. The van der Waals surface area contributed by atoms with Gasteiger partial charge in [0.15, 0.2) is 0 Å². The van der Waals surface area contributed by atoms with Gasteiger partial charge in [-0.2, -0.15) is 0 Å². The average Bonchev–Trinajstić information content (AvgIpc) is 3.01. The maximum absolute atomic E-state index is 12.8. The Morgan fingerprint density at radius 2 is 1.73 bits per heavy atom. The van der Waals surface area contributed by atoms with E-state index in [2.05, 4.69) is 22.3 Å². The molecule has 3 aromatic rings. The van der Waals surface area contributed by atoms with Gasteiger partial charge in [-0.3, -0.25) is 0 Å². The summed E-state index contributed by atoms with van der Waals surface area (Å²) in [4.78, 5) is 0. The molecule has 0 amide bonds. The highest BCUT2D eigenvalue weighted by atomic mass is 32.2. The zero-order valence-electron chi connectivity index (χ0n) is 11.6. The monoisotopic (exact) mass is 312 g/mol. The van der Waals surface area contributed by atoms with E-state index < -0.39 is 0 Å². The van der Waals surface area contributed by atoms with Crippen LogP contribution in [0.4, 0.5) is 4.39 Å². The second-order valence-corrected chi connectivity index (χ2v) is 5.49. The van der Waals surface area contributed by atoms with Crippen LogP contribution >= 0.6 is 11.8 Å². The molecule has 3 rings (SSSR count). The SMILES string of the molecule is Fc1ccc(/C=C/c2nnc(SCc3ccccc3)o2)cc1. The summed E-state index contributed by atoms with van der Waals surface area (Å²) in [6, 6.07) is 16.3. The molecule has 0 spiro atoms. The number of hydrogen-bond donors (Lipinski definition) is 0. The van der Waals surface area contributed by atoms with Crippen molar-refractivity contribution in [2.45, 2.75) is 11.0 Å². The second-order valence-electron chi connectivity index (χ2n) is 4.57. The van der Waals surface area contributed by atoms with Crippen LogP contribution in [-0.4, -0.2) is 10.2 Å². The molecule has 22 heavy (non-hydrogen) atoms. The van der Waals surface area contributed by atoms with Gasteiger partial charge in [-0.25, -0.2) is 4.39 Å². The minimum absolute atomic E-state index is 0.255. The summed E-state index contributed by atoms with van der Waals surface area (Å²) < 4.78 is 18.3. The maximum atomic E-state index is 12.8. The Bertz CT molecular complexity index is 754. The van der Waals surface area contributed by atoms with Crippen molar-refractivity contribution in [3.05, 3.63) is 77.4 Å². The molecule has 0 saturated carbocycles. The Kier molecular flexibility index (Phi) is 4.65. The fourth-order valence-electron chi connectivity index (χ4n) is 1.81. The predicted octanol–water partition coefficient (Wildman–Crippen LogP) is 4.67. The standard InChI is InChI=1S/C17H13FN2OS/c18-15-9-6-13(7-10-15)8-11-16-19-20-17(21-16)22-12-14-4-2-1-3-5-14/h1-11H,12H2/b11-8+. The van der Waals surface area contributed by atoms with Crippen LogP contribution < -0.4 is 0 Å². The van der Waals surface area contributed by atoms with E-state index in [1.54, 1.807) is 24.3 Å². The molecule has 0 radical (unpaired) electrons. The molecule has 0 fully saturated rings. The van der Waals surface area contributed by atoms with Crippen LogP contribution in [0.2, 0.25) is 0 Å². The van der Waals surface area contributed by atoms with Crippen LogP contribution in [0.1, 0.15) is 17.0 Å². The van der Waals surface area contributed by atoms with E-state index in [4.69, 9.17) is 4.42 Å². The van der Waals surface area contributed by atoms with Crippen LogP contribution in [0.25, 0.3) is 12.2 Å². The van der Waals surface area contributed by atoms with E-state index in [-0.39, 0.29) is 5.82 Å². The summed E-state index contributed by atoms with van der Waals surface area (Å²) in [5.41, 5.74) is 2.08. The van der Waals surface area contributed by atoms with Crippen molar-refractivity contribution in [2.75, 3.05) is 0 Å². The number of aromatic nitrogens is 2. The van der Waals surface area contributed by atoms with E-state index in [0.717, 1.165) is 11.3 Å². The largest absolute Gasteiger partial charge is 0.412 e. The van der Waals surface area contributed by atoms with Crippen molar-refractivity contribution in [3.63, 3.8) is 0 Å². The van der Waals surface area contributed by atoms with Gasteiger partial charge in [-0.15, -0.1) is 10.2 Å². The van der Waals surface area contributed by atoms with Crippen molar-refractivity contribution in [1.82, 2.24) is 10.2 Å². The molecule has 0 unspecified atom stereocenters. The molecule has 110 valence electrons. The molecular weight excluding hydrogens is 299 g/mol. The summed E-state index contributed by atoms with van der Waals surface area (Å²) in [7, 11) is 0. The Hall–Kier alpha value is -2.40. The van der Waals surface area contributed by atoms with Gasteiger partial charge < -0.3 is 4.42 Å². The first kappa shape index (κ1) is 14.5. The van der Waals surface area contributed by atoms with Gasteiger partial charge in [0.2, 0.25) is 5.89 Å². The summed E-state index contributed by atoms with van der Waals surface area (Å²) in [6.07, 6.45) is 3.52. The maximum Gasteiger partial charge on any atom is 0.277 e. The van der Waals surface area contributed by atoms with Crippen LogP contribution in [0.15, 0.2) is 64.2 Å². The third-order valence-electron chi connectivity index (χ3n) is 2.92. The van der Waals surface area contributed by atoms with Crippen molar-refractivity contribution in [1.29, 1.82) is 0 Å². The highest BCUT2D eigenvalue weighted by molar-refractivity contribution is 7.98. The zero-order valence-corrected chi connectivity index (χ0v) is 12.5. The number of nitrogens with zero attached hydrogens (tertiary/aromatic N) is 2. The minimum atomic E-state index is -0.255. The summed E-state index contributed by atoms with van der Waals surface area (Å²) in [5, 5.41) is 8.49. The lowest BCUT2D eigenvalue weighted by atomic mass is 10.2. The third-order valence-corrected chi connectivity index (χ3v) is 3.81. The van der Waals surface area contributed by atoms with Crippen LogP contribution in [-0.2, 0) is 5.75 Å². The van der Waals surface area contributed by atoms with Crippen LogP contribution in [0.3, 0.4) is 0 Å². The van der Waals surface area contributed by atoms with Gasteiger partial charge in [0.1, 0.15) is 5.82 Å². The molecule has 0 aliphatic heterocycles. The molecule has 3 nitrogen and oxygen atoms in total. The molecule has 0 N–H and O–H groups in total. The summed E-state index contributed by atoms with van der Waals surface area (Å²) >= 11 is 1.49. The number of rotatable bonds is 5. The Labute approximate surface area is 131 Å². The molecule has 0 bridgehead atoms. The van der Waals surface area contributed by atoms with E-state index in [9.17, 15) is 4.39 Å². The molecule has 1 heterocycles. The minimum Gasteiger partial charge on any atom is -0.412 e. The van der Waals surface area contributed by atoms with Crippen LogP contribution in [0, 0.1) is 5.82 Å². The smallest absolute Gasteiger partial charge is 0.277 e. The van der Waals surface area contributed by atoms with Gasteiger partial charge in [-0.1, -0.05) is 54.2 Å². The number of thioether (sulfide) groups is 1. The van der Waals surface area contributed by atoms with Crippen molar-refractivity contribution in [3.8, 4) is 0 Å². The van der Waals surface area contributed by atoms with Crippen molar-refractivity contribution < 1.29 is 8.81 Å². The van der Waals surface area contributed by atoms with E-state index in [1.165, 1.54) is 29.5 Å². The topological polar surface area (TPSA) is 38.9 Å². The van der Waals surface area contributed by atoms with E-state index >= 15 is 0 Å². The molecule has 0 atom stereocenters. The van der Waals surface area contributed by atoms with E-state index in [0.29, 0.717) is 11.1 Å². The molecule has 5 heteroatoms. The molecule has 0 aliphatic carbocycles. The normalized spacial score (nSPS) is 11.1. The van der Waals surface area contributed by atoms with E-state index in [1.807, 2.05) is 18.2 Å². The molecule has 0 saturated heterocycles. The first-order valence-electron chi connectivity index (χ1n) is 6.73. The molecule has 1 aromatic heterocycles. The van der Waals surface area contributed by atoms with Crippen molar-refractivity contribution >= 4 is 23.9 Å². The quantitative estimate of drug-likeness (QED) is 0.642. The lowest BCUT2D eigenvalue weighted by molar-refractivity contribution is 0.446. The predicted molar refractivity (Wildman–Crippen MR) is 85.6 cm³/mol. The highest BCUT2D eigenvalue weighted by Gasteiger charge is 2.04. The Morgan fingerprint density at radius 1 is 0.955 bits per heavy atom. The van der Waals surface area contributed by atoms with Gasteiger partial charge in [0, 0.05) is 11.8 Å². The first-order chi connectivity index (χ1) is 10.8. The van der Waals surface area contributed by atoms with Gasteiger partial charge in [0.25, 0.3) is 5.22 Å². The molecule has 2 aromatic carbocycles. The first-order valence-corrected chi connectivity index (χ1v) is 7.72. The van der Waals surface area contributed by atoms with Gasteiger partial charge >= 0.3 is 0 Å². The fourth-order valence-corrected chi connectivity index (χ4v) is 2.53. The van der Waals surface area contributed by atoms with Crippen molar-refractivity contribution in [2.24, 2.45) is 0 Å². The Balaban J connectivity index is 1.60. The summed E-state index contributed by atoms with van der Waals surface area (Å²) in [5.74, 6) is 0.957. The fraction of sp³-hybridized carbons (Fsp3) is 0.0588. The Morgan fingerprint density at radius 3 is 2.50 bits per heavy atom. The lowest BCUT2D eigenvalue weighted by Gasteiger charge is -1.96. The van der Waals surface area contributed by atoms with Gasteiger partial charge in [0.05, 0.1) is 0 Å². The number of hydrogen-bond acceptors (Lipinski definition) is 4. The lowest BCUT2D eigenvalue weighted by Crippen LogP contribution is -1.79. The van der Waals surface area contributed by atoms with Crippen LogP contribution in [0.5, 0.6) is 0 Å². The number of benzene rings is 2.